The highest BCUT2D eigenvalue weighted by molar-refractivity contribution is 6.15. The fraction of sp³-hybridized carbons (Fsp3) is 0. The fourth-order valence-corrected chi connectivity index (χ4v) is 6.28. The van der Waals surface area contributed by atoms with Crippen molar-refractivity contribution in [2.45, 2.75) is 0 Å². The van der Waals surface area contributed by atoms with Crippen LogP contribution in [0.25, 0.3) is 65.9 Å². The molecule has 0 saturated carbocycles. The zero-order chi connectivity index (χ0) is 28.3. The molecule has 9 aromatic rings. The molecule has 0 radical (unpaired) electrons. The molecule has 9 rings (SSSR count). The van der Waals surface area contributed by atoms with Crippen molar-refractivity contribution in [3.63, 3.8) is 0 Å². The van der Waals surface area contributed by atoms with Gasteiger partial charge in [-0.1, -0.05) is 66.7 Å². The molecule has 3 aromatic heterocycles. The van der Waals surface area contributed by atoms with Gasteiger partial charge < -0.3 is 13.7 Å². The molecule has 0 unspecified atom stereocenters. The molecule has 0 bridgehead atoms. The zero-order valence-electron chi connectivity index (χ0n) is 23.1. The van der Waals surface area contributed by atoms with Gasteiger partial charge in [0.1, 0.15) is 16.7 Å². The van der Waals surface area contributed by atoms with E-state index in [4.69, 9.17) is 8.83 Å². The quantitative estimate of drug-likeness (QED) is 0.218. The summed E-state index contributed by atoms with van der Waals surface area (Å²) in [5.74, 6) is 0. The maximum Gasteiger partial charge on any atom is 0.227 e. The summed E-state index contributed by atoms with van der Waals surface area (Å²) in [6, 6.07) is 48.8. The second-order valence-corrected chi connectivity index (χ2v) is 10.8. The van der Waals surface area contributed by atoms with E-state index in [-0.39, 0.29) is 0 Å². The maximum absolute atomic E-state index is 6.25. The van der Waals surface area contributed by atoms with E-state index in [0.29, 0.717) is 5.71 Å². The van der Waals surface area contributed by atoms with E-state index in [1.54, 1.807) is 6.20 Å². The van der Waals surface area contributed by atoms with Crippen LogP contribution in [0.4, 0.5) is 17.1 Å². The van der Waals surface area contributed by atoms with Crippen LogP contribution in [0, 0.1) is 0 Å². The minimum atomic E-state index is 0.661. The van der Waals surface area contributed by atoms with Crippen LogP contribution in [0.15, 0.2) is 155 Å². The third kappa shape index (κ3) is 3.81. The topological polar surface area (TPSA) is 42.4 Å². The molecule has 0 N–H and O–H groups in total. The molecule has 0 atom stereocenters. The van der Waals surface area contributed by atoms with Gasteiger partial charge in [0.2, 0.25) is 5.71 Å². The minimum Gasteiger partial charge on any atom is -0.456 e. The summed E-state index contributed by atoms with van der Waals surface area (Å²) >= 11 is 0. The summed E-state index contributed by atoms with van der Waals surface area (Å²) in [7, 11) is 0. The van der Waals surface area contributed by atoms with Crippen LogP contribution in [-0.2, 0) is 0 Å². The van der Waals surface area contributed by atoms with Crippen molar-refractivity contribution in [2.24, 2.45) is 0 Å². The first-order valence-corrected chi connectivity index (χ1v) is 14.4. The minimum absolute atomic E-state index is 0.661. The van der Waals surface area contributed by atoms with Gasteiger partial charge in [-0.3, -0.25) is 0 Å². The Bertz CT molecular complexity index is 2470. The normalized spacial score (nSPS) is 11.7. The summed E-state index contributed by atoms with van der Waals surface area (Å²) < 4.78 is 12.4. The van der Waals surface area contributed by atoms with Crippen LogP contribution in [-0.4, -0.2) is 4.98 Å². The van der Waals surface area contributed by atoms with E-state index in [1.165, 1.54) is 5.56 Å². The molecule has 6 aromatic carbocycles. The fourth-order valence-electron chi connectivity index (χ4n) is 6.28. The number of anilines is 3. The van der Waals surface area contributed by atoms with Gasteiger partial charge in [-0.15, -0.1) is 0 Å². The molecule has 43 heavy (non-hydrogen) atoms. The number of fused-ring (bicyclic) bond motifs is 8. The molecule has 0 aliphatic rings. The number of nitrogens with zero attached hydrogens (tertiary/aromatic N) is 2. The number of pyridine rings is 1. The van der Waals surface area contributed by atoms with E-state index in [0.717, 1.165) is 71.7 Å². The molecule has 4 nitrogen and oxygen atoms in total. The van der Waals surface area contributed by atoms with Gasteiger partial charge in [0, 0.05) is 50.2 Å². The Morgan fingerprint density at radius 3 is 2.14 bits per heavy atom. The first-order valence-electron chi connectivity index (χ1n) is 14.4. The number of hydrogen-bond donors (Lipinski definition) is 0. The monoisotopic (exact) mass is 552 g/mol. The zero-order valence-corrected chi connectivity index (χ0v) is 23.1. The van der Waals surface area contributed by atoms with Crippen LogP contribution in [0.5, 0.6) is 0 Å². The lowest BCUT2D eigenvalue weighted by molar-refractivity contribution is 0.657. The maximum atomic E-state index is 6.25. The van der Waals surface area contributed by atoms with Crippen LogP contribution >= 0.6 is 0 Å². The lowest BCUT2D eigenvalue weighted by Crippen LogP contribution is -2.10. The van der Waals surface area contributed by atoms with E-state index < -0.39 is 0 Å². The van der Waals surface area contributed by atoms with Crippen molar-refractivity contribution in [1.82, 2.24) is 4.98 Å². The Kier molecular flexibility index (Phi) is 5.16. The van der Waals surface area contributed by atoms with Gasteiger partial charge in [0.25, 0.3) is 0 Å². The number of furan rings is 2. The van der Waals surface area contributed by atoms with E-state index in [9.17, 15) is 0 Å². The Labute approximate surface area is 247 Å². The van der Waals surface area contributed by atoms with Gasteiger partial charge in [-0.05, 0) is 89.3 Å². The summed E-state index contributed by atoms with van der Waals surface area (Å²) in [5.41, 5.74) is 8.81. The number of rotatable bonds is 4. The number of para-hydroxylation sites is 1. The summed E-state index contributed by atoms with van der Waals surface area (Å²) in [5, 5.41) is 6.47. The molecule has 0 spiro atoms. The van der Waals surface area contributed by atoms with Crippen molar-refractivity contribution >= 4 is 71.8 Å². The molecule has 0 aliphatic carbocycles. The highest BCUT2D eigenvalue weighted by Gasteiger charge is 2.18. The van der Waals surface area contributed by atoms with Crippen molar-refractivity contribution in [2.75, 3.05) is 4.90 Å². The first-order chi connectivity index (χ1) is 21.3. The van der Waals surface area contributed by atoms with Crippen molar-refractivity contribution in [3.05, 3.63) is 146 Å². The Hall–Kier alpha value is -5.87. The lowest BCUT2D eigenvalue weighted by Gasteiger charge is -2.26. The second-order valence-electron chi connectivity index (χ2n) is 10.8. The molecule has 4 heteroatoms. The predicted octanol–water partition coefficient (Wildman–Crippen LogP) is 11.2. The smallest absolute Gasteiger partial charge is 0.227 e. The third-order valence-electron chi connectivity index (χ3n) is 8.30. The number of benzene rings is 6. The summed E-state index contributed by atoms with van der Waals surface area (Å²) in [6.45, 7) is 0. The van der Waals surface area contributed by atoms with Crippen molar-refractivity contribution in [1.29, 1.82) is 0 Å². The van der Waals surface area contributed by atoms with E-state index >= 15 is 0 Å². The molecule has 0 aliphatic heterocycles. The molecular weight excluding hydrogens is 528 g/mol. The predicted molar refractivity (Wildman–Crippen MR) is 176 cm³/mol. The summed E-state index contributed by atoms with van der Waals surface area (Å²) in [6.07, 6.45) is 1.77. The molecule has 0 fully saturated rings. The largest absolute Gasteiger partial charge is 0.456 e. The van der Waals surface area contributed by atoms with E-state index in [1.807, 2.05) is 24.3 Å². The molecular formula is C39H24N2O2. The van der Waals surface area contributed by atoms with Crippen LogP contribution in [0.1, 0.15) is 0 Å². The lowest BCUT2D eigenvalue weighted by atomic mass is 10.0. The van der Waals surface area contributed by atoms with Gasteiger partial charge in [-0.25, -0.2) is 4.98 Å². The molecule has 3 heterocycles. The molecule has 0 amide bonds. The first kappa shape index (κ1) is 23.8. The number of aromatic nitrogens is 1. The van der Waals surface area contributed by atoms with Crippen LogP contribution in [0.3, 0.4) is 0 Å². The Morgan fingerprint density at radius 2 is 1.19 bits per heavy atom. The van der Waals surface area contributed by atoms with Gasteiger partial charge in [0.15, 0.2) is 0 Å². The SMILES string of the molecule is c1ccc(-c2cccc(N(c3ccc4c(ccc5c6cccnc6oc45)c3)c3ccc4oc5ccccc5c4c3)c2)cc1. The van der Waals surface area contributed by atoms with Crippen LogP contribution < -0.4 is 4.90 Å². The highest BCUT2D eigenvalue weighted by Crippen LogP contribution is 2.42. The number of hydrogen-bond acceptors (Lipinski definition) is 4. The van der Waals surface area contributed by atoms with Crippen LogP contribution in [0.2, 0.25) is 0 Å². The molecule has 202 valence electrons. The Balaban J connectivity index is 1.26. The average Bonchev–Trinajstić information content (AvgIpc) is 3.64. The summed E-state index contributed by atoms with van der Waals surface area (Å²) in [4.78, 5) is 6.76. The van der Waals surface area contributed by atoms with E-state index in [2.05, 4.69) is 125 Å². The highest BCUT2D eigenvalue weighted by atomic mass is 16.3. The second kappa shape index (κ2) is 9.33. The Morgan fingerprint density at radius 1 is 0.442 bits per heavy atom. The van der Waals surface area contributed by atoms with Gasteiger partial charge in [-0.2, -0.15) is 0 Å². The van der Waals surface area contributed by atoms with Gasteiger partial charge >= 0.3 is 0 Å². The molecule has 0 saturated heterocycles. The third-order valence-corrected chi connectivity index (χ3v) is 8.30. The van der Waals surface area contributed by atoms with Crippen molar-refractivity contribution in [3.8, 4) is 11.1 Å². The van der Waals surface area contributed by atoms with Crippen molar-refractivity contribution < 1.29 is 8.83 Å². The standard InChI is InChI=1S/C39H24N2O2/c1-2-8-25(9-3-1)26-10-6-11-28(22-26)41(30-17-20-37-35(24-30)32-12-4-5-14-36(32)42-37)29-16-19-31-27(23-29)15-18-33-34-13-7-21-40-39(34)43-38(31)33/h1-24H. The average molecular weight is 553 g/mol. The van der Waals surface area contributed by atoms with Gasteiger partial charge in [0.05, 0.1) is 0 Å².